The molecule has 1 aromatic carbocycles. The van der Waals surface area contributed by atoms with Crippen LogP contribution in [0.5, 0.6) is 5.75 Å². The molecule has 0 atom stereocenters. The molecule has 1 heterocycles. The SMILES string of the molecule is C=C(C)Cn1c(CCS)nc2cc(OC(C)C)ccc21. The smallest absolute Gasteiger partial charge is 0.121 e. The topological polar surface area (TPSA) is 27.1 Å². The van der Waals surface area contributed by atoms with Gasteiger partial charge in [0.2, 0.25) is 0 Å². The molecule has 0 aliphatic heterocycles. The van der Waals surface area contributed by atoms with Gasteiger partial charge in [-0.25, -0.2) is 4.98 Å². The van der Waals surface area contributed by atoms with Crippen molar-refractivity contribution in [3.05, 3.63) is 36.2 Å². The van der Waals surface area contributed by atoms with Crippen LogP contribution in [0.25, 0.3) is 11.0 Å². The first kappa shape index (κ1) is 15.0. The molecule has 0 amide bonds. The summed E-state index contributed by atoms with van der Waals surface area (Å²) >= 11 is 4.32. The maximum atomic E-state index is 5.73. The molecule has 0 saturated carbocycles. The van der Waals surface area contributed by atoms with Crippen molar-refractivity contribution in [3.63, 3.8) is 0 Å². The number of aromatic nitrogens is 2. The molecule has 0 bridgehead atoms. The second-order valence-electron chi connectivity index (χ2n) is 5.36. The number of imidazole rings is 1. The normalized spacial score (nSPS) is 11.2. The molecule has 0 N–H and O–H groups in total. The fourth-order valence-corrected chi connectivity index (χ4v) is 2.44. The van der Waals surface area contributed by atoms with E-state index in [-0.39, 0.29) is 6.10 Å². The number of allylic oxidation sites excluding steroid dienone is 1. The van der Waals surface area contributed by atoms with Crippen molar-refractivity contribution in [1.82, 2.24) is 9.55 Å². The molecule has 108 valence electrons. The summed E-state index contributed by atoms with van der Waals surface area (Å²) in [6.07, 6.45) is 1.02. The van der Waals surface area contributed by atoms with Crippen molar-refractivity contribution in [1.29, 1.82) is 0 Å². The van der Waals surface area contributed by atoms with Crippen molar-refractivity contribution >= 4 is 23.7 Å². The minimum atomic E-state index is 0.168. The van der Waals surface area contributed by atoms with Crippen molar-refractivity contribution < 1.29 is 4.74 Å². The van der Waals surface area contributed by atoms with Gasteiger partial charge in [0.1, 0.15) is 11.6 Å². The molecule has 20 heavy (non-hydrogen) atoms. The number of ether oxygens (including phenoxy) is 1. The zero-order valence-corrected chi connectivity index (χ0v) is 13.3. The van der Waals surface area contributed by atoms with Crippen LogP contribution in [-0.2, 0) is 13.0 Å². The Morgan fingerprint density at radius 2 is 2.20 bits per heavy atom. The third-order valence-corrected chi connectivity index (χ3v) is 3.16. The highest BCUT2D eigenvalue weighted by Crippen LogP contribution is 2.24. The molecule has 1 aromatic heterocycles. The summed E-state index contributed by atoms with van der Waals surface area (Å²) in [4.78, 5) is 4.72. The molecule has 0 aliphatic rings. The fourth-order valence-electron chi connectivity index (χ4n) is 2.24. The summed E-state index contributed by atoms with van der Waals surface area (Å²) in [5.41, 5.74) is 3.22. The maximum absolute atomic E-state index is 5.73. The number of rotatable bonds is 6. The number of aryl methyl sites for hydroxylation is 1. The molecule has 4 heteroatoms. The average Bonchev–Trinajstić information content (AvgIpc) is 2.66. The van der Waals surface area contributed by atoms with Crippen LogP contribution >= 0.6 is 12.6 Å². The second kappa shape index (κ2) is 6.35. The van der Waals surface area contributed by atoms with E-state index in [0.717, 1.165) is 46.9 Å². The predicted octanol–water partition coefficient (Wildman–Crippen LogP) is 3.87. The molecule has 0 radical (unpaired) electrons. The van der Waals surface area contributed by atoms with Gasteiger partial charge in [0.05, 0.1) is 17.1 Å². The summed E-state index contributed by atoms with van der Waals surface area (Å²) in [6, 6.07) is 6.08. The van der Waals surface area contributed by atoms with Gasteiger partial charge in [-0.1, -0.05) is 12.2 Å². The van der Waals surface area contributed by atoms with E-state index in [1.165, 1.54) is 0 Å². The van der Waals surface area contributed by atoms with E-state index in [0.29, 0.717) is 0 Å². The third-order valence-electron chi connectivity index (χ3n) is 2.93. The summed E-state index contributed by atoms with van der Waals surface area (Å²) in [5.74, 6) is 2.71. The van der Waals surface area contributed by atoms with Gasteiger partial charge in [0.25, 0.3) is 0 Å². The standard InChI is InChI=1S/C16H22N2OS/c1-11(2)10-18-15-6-5-13(19-12(3)4)9-14(15)17-16(18)7-8-20/h5-6,9,12,20H,1,7-8,10H2,2-4H3. The number of thiol groups is 1. The van der Waals surface area contributed by atoms with E-state index < -0.39 is 0 Å². The highest BCUT2D eigenvalue weighted by Gasteiger charge is 2.11. The highest BCUT2D eigenvalue weighted by molar-refractivity contribution is 7.80. The Hall–Kier alpha value is -1.42. The lowest BCUT2D eigenvalue weighted by molar-refractivity contribution is 0.242. The predicted molar refractivity (Wildman–Crippen MR) is 87.9 cm³/mol. The van der Waals surface area contributed by atoms with Crippen LogP contribution in [0.4, 0.5) is 0 Å². The van der Waals surface area contributed by atoms with Gasteiger partial charge < -0.3 is 9.30 Å². The van der Waals surface area contributed by atoms with Gasteiger partial charge in [0, 0.05) is 19.0 Å². The van der Waals surface area contributed by atoms with Crippen LogP contribution in [0.15, 0.2) is 30.4 Å². The van der Waals surface area contributed by atoms with Gasteiger partial charge in [-0.15, -0.1) is 0 Å². The van der Waals surface area contributed by atoms with E-state index in [2.05, 4.69) is 29.8 Å². The molecule has 0 unspecified atom stereocenters. The Morgan fingerprint density at radius 3 is 2.80 bits per heavy atom. The summed E-state index contributed by atoms with van der Waals surface area (Å²) in [5, 5.41) is 0. The van der Waals surface area contributed by atoms with Gasteiger partial charge in [-0.2, -0.15) is 12.6 Å². The number of fused-ring (bicyclic) bond motifs is 1. The molecule has 2 aromatic rings. The molecule has 0 fully saturated rings. The summed E-state index contributed by atoms with van der Waals surface area (Å²) in [7, 11) is 0. The van der Waals surface area contributed by atoms with E-state index >= 15 is 0 Å². The molecular weight excluding hydrogens is 268 g/mol. The van der Waals surface area contributed by atoms with E-state index in [4.69, 9.17) is 9.72 Å². The first-order valence-electron chi connectivity index (χ1n) is 6.92. The highest BCUT2D eigenvalue weighted by atomic mass is 32.1. The number of hydrogen-bond donors (Lipinski definition) is 1. The molecular formula is C16H22N2OS. The van der Waals surface area contributed by atoms with Crippen LogP contribution in [0.2, 0.25) is 0 Å². The van der Waals surface area contributed by atoms with Crippen LogP contribution in [0, 0.1) is 0 Å². The van der Waals surface area contributed by atoms with Crippen LogP contribution in [-0.4, -0.2) is 21.4 Å². The lowest BCUT2D eigenvalue weighted by Gasteiger charge is -2.10. The van der Waals surface area contributed by atoms with E-state index in [1.807, 2.05) is 32.9 Å². The largest absolute Gasteiger partial charge is 0.491 e. The third kappa shape index (κ3) is 3.37. The maximum Gasteiger partial charge on any atom is 0.121 e. The monoisotopic (exact) mass is 290 g/mol. The Bertz CT molecular complexity index is 616. The fraction of sp³-hybridized carbons (Fsp3) is 0.438. The van der Waals surface area contributed by atoms with Crippen molar-refractivity contribution in [3.8, 4) is 5.75 Å². The van der Waals surface area contributed by atoms with Gasteiger partial charge in [-0.3, -0.25) is 0 Å². The Morgan fingerprint density at radius 1 is 1.45 bits per heavy atom. The number of hydrogen-bond acceptors (Lipinski definition) is 3. The van der Waals surface area contributed by atoms with Crippen LogP contribution in [0.1, 0.15) is 26.6 Å². The molecule has 0 aliphatic carbocycles. The van der Waals surface area contributed by atoms with Crippen molar-refractivity contribution in [2.45, 2.75) is 39.8 Å². The quantitative estimate of drug-likeness (QED) is 0.646. The molecule has 2 rings (SSSR count). The lowest BCUT2D eigenvalue weighted by Crippen LogP contribution is -2.06. The Kier molecular flexibility index (Phi) is 4.76. The lowest BCUT2D eigenvalue weighted by atomic mass is 10.2. The first-order chi connectivity index (χ1) is 9.51. The average molecular weight is 290 g/mol. The van der Waals surface area contributed by atoms with Crippen molar-refractivity contribution in [2.24, 2.45) is 0 Å². The summed E-state index contributed by atoms with van der Waals surface area (Å²) < 4.78 is 7.95. The van der Waals surface area contributed by atoms with Gasteiger partial charge in [0.15, 0.2) is 0 Å². The zero-order chi connectivity index (χ0) is 14.7. The number of nitrogens with zero attached hydrogens (tertiary/aromatic N) is 2. The van der Waals surface area contributed by atoms with E-state index in [9.17, 15) is 0 Å². The number of benzene rings is 1. The minimum absolute atomic E-state index is 0.168. The Balaban J connectivity index is 2.46. The van der Waals surface area contributed by atoms with E-state index in [1.54, 1.807) is 0 Å². The molecule has 0 spiro atoms. The van der Waals surface area contributed by atoms with Crippen LogP contribution in [0.3, 0.4) is 0 Å². The second-order valence-corrected chi connectivity index (χ2v) is 5.81. The summed E-state index contributed by atoms with van der Waals surface area (Å²) in [6.45, 7) is 10.9. The van der Waals surface area contributed by atoms with Crippen molar-refractivity contribution in [2.75, 3.05) is 5.75 Å². The van der Waals surface area contributed by atoms with Gasteiger partial charge in [-0.05, 0) is 38.7 Å². The van der Waals surface area contributed by atoms with Gasteiger partial charge >= 0.3 is 0 Å². The molecule has 0 saturated heterocycles. The molecule has 3 nitrogen and oxygen atoms in total. The minimum Gasteiger partial charge on any atom is -0.491 e. The first-order valence-corrected chi connectivity index (χ1v) is 7.55. The Labute approximate surface area is 126 Å². The van der Waals surface area contributed by atoms with Crippen LogP contribution < -0.4 is 4.74 Å². The zero-order valence-electron chi connectivity index (χ0n) is 12.4.